The number of rotatable bonds is 3. The first kappa shape index (κ1) is 16.8. The van der Waals surface area contributed by atoms with Crippen molar-refractivity contribution in [3.8, 4) is 17.2 Å². The van der Waals surface area contributed by atoms with E-state index >= 15 is 0 Å². The van der Waals surface area contributed by atoms with E-state index in [1.54, 1.807) is 19.2 Å². The van der Waals surface area contributed by atoms with E-state index in [4.69, 9.17) is 14.2 Å². The van der Waals surface area contributed by atoms with Crippen LogP contribution >= 0.6 is 0 Å². The summed E-state index contributed by atoms with van der Waals surface area (Å²) in [5, 5.41) is 2.92. The second-order valence-electron chi connectivity index (χ2n) is 6.98. The molecule has 26 heavy (non-hydrogen) atoms. The molecule has 1 fully saturated rings. The van der Waals surface area contributed by atoms with Crippen molar-refractivity contribution in [2.45, 2.75) is 44.8 Å². The summed E-state index contributed by atoms with van der Waals surface area (Å²) in [7, 11) is 1.60. The van der Waals surface area contributed by atoms with Crippen molar-refractivity contribution in [1.29, 1.82) is 0 Å². The molecule has 1 heterocycles. The zero-order chi connectivity index (χ0) is 18.1. The van der Waals surface area contributed by atoms with Gasteiger partial charge in [-0.25, -0.2) is 0 Å². The highest BCUT2D eigenvalue weighted by Crippen LogP contribution is 2.46. The third kappa shape index (κ3) is 3.09. The molecule has 1 N–H and O–H groups in total. The molecule has 2 aliphatic rings. The van der Waals surface area contributed by atoms with Gasteiger partial charge in [0.2, 0.25) is 0 Å². The van der Waals surface area contributed by atoms with E-state index in [2.05, 4.69) is 5.32 Å². The van der Waals surface area contributed by atoms with Crippen LogP contribution in [0.4, 0.5) is 5.69 Å². The van der Waals surface area contributed by atoms with Gasteiger partial charge < -0.3 is 19.5 Å². The van der Waals surface area contributed by atoms with Gasteiger partial charge >= 0.3 is 0 Å². The maximum absolute atomic E-state index is 12.6. The van der Waals surface area contributed by atoms with Gasteiger partial charge in [-0.15, -0.1) is 0 Å². The highest BCUT2D eigenvalue weighted by atomic mass is 16.7. The number of methoxy groups -OCH3 is 1. The van der Waals surface area contributed by atoms with E-state index in [9.17, 15) is 4.79 Å². The molecule has 1 spiro atoms. The van der Waals surface area contributed by atoms with Crippen LogP contribution in [0.5, 0.6) is 17.2 Å². The Hall–Kier alpha value is -2.69. The number of nitrogens with one attached hydrogen (secondary N) is 1. The number of aryl methyl sites for hydroxylation is 1. The third-order valence-electron chi connectivity index (χ3n) is 5.08. The molecule has 1 aliphatic heterocycles. The fourth-order valence-corrected chi connectivity index (χ4v) is 3.63. The van der Waals surface area contributed by atoms with E-state index in [-0.39, 0.29) is 5.91 Å². The Balaban J connectivity index is 1.50. The Morgan fingerprint density at radius 3 is 2.58 bits per heavy atom. The SMILES string of the molecule is COc1cc(C(=O)Nc2ccc3c(c2)OC2(CCCCC2)O3)ccc1C. The molecule has 1 saturated carbocycles. The first-order chi connectivity index (χ1) is 12.6. The predicted molar refractivity (Wildman–Crippen MR) is 99.2 cm³/mol. The molecule has 1 amide bonds. The molecule has 0 aromatic heterocycles. The van der Waals surface area contributed by atoms with Crippen LogP contribution in [0.3, 0.4) is 0 Å². The van der Waals surface area contributed by atoms with Crippen molar-refractivity contribution in [1.82, 2.24) is 0 Å². The number of fused-ring (bicyclic) bond motifs is 1. The quantitative estimate of drug-likeness (QED) is 0.870. The number of carbonyl (C=O) groups is 1. The highest BCUT2D eigenvalue weighted by molar-refractivity contribution is 6.04. The topological polar surface area (TPSA) is 56.8 Å². The Morgan fingerprint density at radius 1 is 1.04 bits per heavy atom. The van der Waals surface area contributed by atoms with Crippen LogP contribution in [0, 0.1) is 6.92 Å². The lowest BCUT2D eigenvalue weighted by Gasteiger charge is -2.31. The van der Waals surface area contributed by atoms with Crippen LogP contribution in [0.15, 0.2) is 36.4 Å². The number of amides is 1. The second kappa shape index (κ2) is 6.56. The van der Waals surface area contributed by atoms with Gasteiger partial charge in [0.25, 0.3) is 11.7 Å². The number of hydrogen-bond donors (Lipinski definition) is 1. The van der Waals surface area contributed by atoms with Crippen molar-refractivity contribution < 1.29 is 19.0 Å². The normalized spacial score (nSPS) is 17.2. The molecule has 136 valence electrons. The summed E-state index contributed by atoms with van der Waals surface area (Å²) in [5.74, 6) is 1.46. The minimum absolute atomic E-state index is 0.186. The Bertz CT molecular complexity index is 840. The zero-order valence-electron chi connectivity index (χ0n) is 15.1. The fraction of sp³-hybridized carbons (Fsp3) is 0.381. The molecule has 0 saturated heterocycles. The Labute approximate surface area is 153 Å². The van der Waals surface area contributed by atoms with Crippen molar-refractivity contribution >= 4 is 11.6 Å². The number of benzene rings is 2. The Morgan fingerprint density at radius 2 is 1.81 bits per heavy atom. The monoisotopic (exact) mass is 353 g/mol. The van der Waals surface area contributed by atoms with Gasteiger partial charge in [-0.1, -0.05) is 12.5 Å². The standard InChI is InChI=1S/C21H23NO4/c1-14-6-7-15(12-18(14)24-2)20(23)22-16-8-9-17-19(13-16)26-21(25-17)10-4-3-5-11-21/h6-9,12-13H,3-5,10-11H2,1-2H3,(H,22,23). The largest absolute Gasteiger partial charge is 0.496 e. The summed E-state index contributed by atoms with van der Waals surface area (Å²) in [6.45, 7) is 1.94. The van der Waals surface area contributed by atoms with Crippen molar-refractivity contribution in [3.63, 3.8) is 0 Å². The zero-order valence-corrected chi connectivity index (χ0v) is 15.1. The molecule has 0 bridgehead atoms. The van der Waals surface area contributed by atoms with E-state index in [0.29, 0.717) is 22.7 Å². The van der Waals surface area contributed by atoms with Crippen LogP contribution in [-0.2, 0) is 0 Å². The lowest BCUT2D eigenvalue weighted by molar-refractivity contribution is -0.105. The number of anilines is 1. The molecule has 2 aromatic carbocycles. The minimum Gasteiger partial charge on any atom is -0.496 e. The summed E-state index contributed by atoms with van der Waals surface area (Å²) in [6, 6.07) is 10.9. The summed E-state index contributed by atoms with van der Waals surface area (Å²) in [4.78, 5) is 12.6. The molecule has 5 nitrogen and oxygen atoms in total. The van der Waals surface area contributed by atoms with Gasteiger partial charge in [0.05, 0.1) is 7.11 Å². The first-order valence-corrected chi connectivity index (χ1v) is 9.07. The van der Waals surface area contributed by atoms with E-state index in [0.717, 1.165) is 37.0 Å². The highest BCUT2D eigenvalue weighted by Gasteiger charge is 2.42. The molecule has 4 rings (SSSR count). The van der Waals surface area contributed by atoms with Crippen LogP contribution in [0.1, 0.15) is 48.0 Å². The van der Waals surface area contributed by atoms with E-state index in [1.807, 2.05) is 31.2 Å². The fourth-order valence-electron chi connectivity index (χ4n) is 3.63. The van der Waals surface area contributed by atoms with Crippen LogP contribution in [0.25, 0.3) is 0 Å². The average Bonchev–Trinajstić information content (AvgIpc) is 2.99. The van der Waals surface area contributed by atoms with Crippen LogP contribution in [-0.4, -0.2) is 18.8 Å². The molecule has 5 heteroatoms. The minimum atomic E-state index is -0.506. The number of hydrogen-bond acceptors (Lipinski definition) is 4. The number of ether oxygens (including phenoxy) is 3. The molecule has 2 aromatic rings. The summed E-state index contributed by atoms with van der Waals surface area (Å²) >= 11 is 0. The van der Waals surface area contributed by atoms with Gasteiger partial charge in [0, 0.05) is 30.2 Å². The van der Waals surface area contributed by atoms with Crippen LogP contribution < -0.4 is 19.5 Å². The third-order valence-corrected chi connectivity index (χ3v) is 5.08. The molecule has 0 radical (unpaired) electrons. The predicted octanol–water partition coefficient (Wildman–Crippen LogP) is 4.69. The summed E-state index contributed by atoms with van der Waals surface area (Å²) < 4.78 is 17.5. The molecule has 0 unspecified atom stereocenters. The van der Waals surface area contributed by atoms with Gasteiger partial charge in [-0.05, 0) is 49.6 Å². The van der Waals surface area contributed by atoms with Crippen LogP contribution in [0.2, 0.25) is 0 Å². The second-order valence-corrected chi connectivity index (χ2v) is 6.98. The van der Waals surface area contributed by atoms with Gasteiger partial charge in [-0.3, -0.25) is 4.79 Å². The van der Waals surface area contributed by atoms with Gasteiger partial charge in [0.15, 0.2) is 11.5 Å². The van der Waals surface area contributed by atoms with Crippen molar-refractivity contribution in [2.24, 2.45) is 0 Å². The maximum atomic E-state index is 12.6. The average molecular weight is 353 g/mol. The summed E-state index contributed by atoms with van der Waals surface area (Å²) in [5.41, 5.74) is 2.23. The molecule has 0 atom stereocenters. The van der Waals surface area contributed by atoms with Crippen molar-refractivity contribution in [3.05, 3.63) is 47.5 Å². The first-order valence-electron chi connectivity index (χ1n) is 9.07. The lowest BCUT2D eigenvalue weighted by atomic mass is 9.94. The molecular weight excluding hydrogens is 330 g/mol. The maximum Gasteiger partial charge on any atom is 0.255 e. The smallest absolute Gasteiger partial charge is 0.255 e. The van der Waals surface area contributed by atoms with Gasteiger partial charge in [-0.2, -0.15) is 0 Å². The van der Waals surface area contributed by atoms with E-state index in [1.165, 1.54) is 6.42 Å². The molecule has 1 aliphatic carbocycles. The Kier molecular flexibility index (Phi) is 4.23. The van der Waals surface area contributed by atoms with Gasteiger partial charge in [0.1, 0.15) is 5.75 Å². The summed E-state index contributed by atoms with van der Waals surface area (Å²) in [6.07, 6.45) is 5.28. The van der Waals surface area contributed by atoms with E-state index < -0.39 is 5.79 Å². The molecular formula is C21H23NO4. The number of carbonyl (C=O) groups excluding carboxylic acids is 1. The lowest BCUT2D eigenvalue weighted by Crippen LogP contribution is -2.40. The van der Waals surface area contributed by atoms with Crippen molar-refractivity contribution in [2.75, 3.05) is 12.4 Å².